The van der Waals surface area contributed by atoms with Crippen LogP contribution in [0.25, 0.3) is 16.8 Å². The van der Waals surface area contributed by atoms with Crippen LogP contribution in [-0.4, -0.2) is 62.1 Å². The Balaban J connectivity index is 1.38. The highest BCUT2D eigenvalue weighted by Gasteiger charge is 2.21. The van der Waals surface area contributed by atoms with Crippen molar-refractivity contribution in [1.29, 1.82) is 0 Å². The molecule has 1 aliphatic rings. The maximum atomic E-state index is 5.46. The highest BCUT2D eigenvalue weighted by Crippen LogP contribution is 2.33. The minimum atomic E-state index is 0.681. The van der Waals surface area contributed by atoms with Crippen LogP contribution in [0.3, 0.4) is 0 Å². The molecular formula is C25H27N5O3. The Kier molecular flexibility index (Phi) is 5.64. The number of methoxy groups -OCH3 is 3. The van der Waals surface area contributed by atoms with Gasteiger partial charge in [0.2, 0.25) is 0 Å². The summed E-state index contributed by atoms with van der Waals surface area (Å²) < 4.78 is 18.0. The van der Waals surface area contributed by atoms with Crippen LogP contribution in [0.1, 0.15) is 0 Å². The molecule has 0 unspecified atom stereocenters. The topological polar surface area (TPSA) is 64.4 Å². The number of aromatic nitrogens is 3. The van der Waals surface area contributed by atoms with E-state index in [1.54, 1.807) is 21.3 Å². The second kappa shape index (κ2) is 8.90. The summed E-state index contributed by atoms with van der Waals surface area (Å²) in [6.07, 6.45) is 3.69. The number of nitrogens with zero attached hydrogens (tertiary/aromatic N) is 5. The van der Waals surface area contributed by atoms with E-state index in [4.69, 9.17) is 24.3 Å². The highest BCUT2D eigenvalue weighted by molar-refractivity contribution is 5.76. The Morgan fingerprint density at radius 2 is 1.48 bits per heavy atom. The highest BCUT2D eigenvalue weighted by atomic mass is 16.5. The van der Waals surface area contributed by atoms with Gasteiger partial charge in [0.05, 0.1) is 27.0 Å². The monoisotopic (exact) mass is 445 g/mol. The molecule has 0 saturated carbocycles. The molecule has 1 aliphatic heterocycles. The Hall–Kier alpha value is -3.94. The second-order valence-electron chi connectivity index (χ2n) is 7.85. The van der Waals surface area contributed by atoms with E-state index in [0.29, 0.717) is 11.5 Å². The maximum absolute atomic E-state index is 5.46. The molecule has 0 amide bonds. The third-order valence-corrected chi connectivity index (χ3v) is 6.07. The summed E-state index contributed by atoms with van der Waals surface area (Å²) in [7, 11) is 4.96. The summed E-state index contributed by atoms with van der Waals surface area (Å²) >= 11 is 0. The van der Waals surface area contributed by atoms with E-state index in [1.165, 1.54) is 5.69 Å². The van der Waals surface area contributed by atoms with Crippen LogP contribution in [0.4, 0.5) is 11.5 Å². The van der Waals surface area contributed by atoms with Crippen molar-refractivity contribution in [1.82, 2.24) is 14.6 Å². The summed E-state index contributed by atoms with van der Waals surface area (Å²) in [5.41, 5.74) is 4.02. The molecule has 170 valence electrons. The molecule has 0 spiro atoms. The molecule has 0 atom stereocenters. The molecule has 0 radical (unpaired) electrons. The van der Waals surface area contributed by atoms with Gasteiger partial charge in [0.1, 0.15) is 11.3 Å². The molecule has 0 N–H and O–H groups in total. The molecular weight excluding hydrogens is 418 g/mol. The third kappa shape index (κ3) is 4.00. The molecule has 4 aromatic rings. The van der Waals surface area contributed by atoms with Crippen molar-refractivity contribution in [2.75, 3.05) is 57.3 Å². The standard InChI is InChI=1S/C25H27N5O3/c1-31-20-7-5-19(6-8-20)28-12-14-29(15-13-28)25-22-17-21(27-30(22)11-10-26-25)18-4-9-23(32-2)24(16-18)33-3/h4-11,16-17H,12-15H2,1-3H3. The molecule has 2 aromatic heterocycles. The van der Waals surface area contributed by atoms with Gasteiger partial charge in [0.15, 0.2) is 17.3 Å². The summed E-state index contributed by atoms with van der Waals surface area (Å²) in [6.45, 7) is 3.61. The normalized spacial score (nSPS) is 13.9. The van der Waals surface area contributed by atoms with Crippen molar-refractivity contribution in [3.8, 4) is 28.5 Å². The minimum absolute atomic E-state index is 0.681. The fourth-order valence-corrected chi connectivity index (χ4v) is 4.26. The summed E-state index contributed by atoms with van der Waals surface area (Å²) in [6, 6.07) is 16.2. The smallest absolute Gasteiger partial charge is 0.161 e. The number of fused-ring (bicyclic) bond motifs is 1. The van der Waals surface area contributed by atoms with Crippen LogP contribution in [0.5, 0.6) is 17.2 Å². The van der Waals surface area contributed by atoms with Gasteiger partial charge in [-0.05, 0) is 48.5 Å². The molecule has 33 heavy (non-hydrogen) atoms. The quantitative estimate of drug-likeness (QED) is 0.448. The fourth-order valence-electron chi connectivity index (χ4n) is 4.26. The van der Waals surface area contributed by atoms with Crippen molar-refractivity contribution < 1.29 is 14.2 Å². The van der Waals surface area contributed by atoms with Crippen molar-refractivity contribution in [3.05, 3.63) is 60.9 Å². The van der Waals surface area contributed by atoms with Crippen LogP contribution in [0.2, 0.25) is 0 Å². The lowest BCUT2D eigenvalue weighted by atomic mass is 10.1. The van der Waals surface area contributed by atoms with Crippen LogP contribution in [0, 0.1) is 0 Å². The molecule has 3 heterocycles. The van der Waals surface area contributed by atoms with E-state index in [1.807, 2.05) is 47.2 Å². The van der Waals surface area contributed by atoms with Gasteiger partial charge in [-0.25, -0.2) is 9.50 Å². The number of benzene rings is 2. The van der Waals surface area contributed by atoms with E-state index in [0.717, 1.165) is 54.5 Å². The molecule has 1 saturated heterocycles. The first-order valence-electron chi connectivity index (χ1n) is 10.9. The molecule has 0 aliphatic carbocycles. The lowest BCUT2D eigenvalue weighted by Gasteiger charge is -2.36. The van der Waals surface area contributed by atoms with Gasteiger partial charge in [0, 0.05) is 49.8 Å². The van der Waals surface area contributed by atoms with Crippen molar-refractivity contribution >= 4 is 17.0 Å². The van der Waals surface area contributed by atoms with Crippen LogP contribution in [-0.2, 0) is 0 Å². The third-order valence-electron chi connectivity index (χ3n) is 6.07. The van der Waals surface area contributed by atoms with Crippen molar-refractivity contribution in [2.45, 2.75) is 0 Å². The van der Waals surface area contributed by atoms with Gasteiger partial charge < -0.3 is 24.0 Å². The Morgan fingerprint density at radius 3 is 2.18 bits per heavy atom. The molecule has 1 fully saturated rings. The zero-order valence-corrected chi connectivity index (χ0v) is 19.1. The van der Waals surface area contributed by atoms with E-state index < -0.39 is 0 Å². The average molecular weight is 446 g/mol. The largest absolute Gasteiger partial charge is 0.497 e. The fraction of sp³-hybridized carbons (Fsp3) is 0.280. The first kappa shape index (κ1) is 20.9. The predicted octanol–water partition coefficient (Wildman–Crippen LogP) is 3.75. The minimum Gasteiger partial charge on any atom is -0.497 e. The van der Waals surface area contributed by atoms with Crippen LogP contribution >= 0.6 is 0 Å². The molecule has 2 aromatic carbocycles. The Bertz CT molecular complexity index is 1250. The number of rotatable bonds is 6. The number of piperazine rings is 1. The van der Waals surface area contributed by atoms with Gasteiger partial charge >= 0.3 is 0 Å². The average Bonchev–Trinajstić information content (AvgIpc) is 3.33. The first-order chi connectivity index (χ1) is 16.2. The molecule has 0 bridgehead atoms. The maximum Gasteiger partial charge on any atom is 0.161 e. The van der Waals surface area contributed by atoms with Gasteiger partial charge in [-0.15, -0.1) is 0 Å². The first-order valence-corrected chi connectivity index (χ1v) is 10.9. The van der Waals surface area contributed by atoms with Crippen molar-refractivity contribution in [2.24, 2.45) is 0 Å². The predicted molar refractivity (Wildman–Crippen MR) is 129 cm³/mol. The number of ether oxygens (including phenoxy) is 3. The number of hydrogen-bond donors (Lipinski definition) is 0. The lowest BCUT2D eigenvalue weighted by Crippen LogP contribution is -2.47. The van der Waals surface area contributed by atoms with E-state index in [9.17, 15) is 0 Å². The van der Waals surface area contributed by atoms with Gasteiger partial charge in [-0.3, -0.25) is 0 Å². The summed E-state index contributed by atoms with van der Waals surface area (Å²) in [5.74, 6) is 3.20. The Morgan fingerprint density at radius 1 is 0.758 bits per heavy atom. The Labute approximate surface area is 192 Å². The number of anilines is 2. The van der Waals surface area contributed by atoms with Crippen LogP contribution < -0.4 is 24.0 Å². The molecule has 8 heteroatoms. The zero-order valence-electron chi connectivity index (χ0n) is 19.1. The summed E-state index contributed by atoms with van der Waals surface area (Å²) in [5, 5.41) is 4.78. The SMILES string of the molecule is COc1ccc(N2CCN(c3nccn4nc(-c5ccc(OC)c(OC)c5)cc34)CC2)cc1. The number of hydrogen-bond acceptors (Lipinski definition) is 7. The van der Waals surface area contributed by atoms with Gasteiger partial charge in [0.25, 0.3) is 0 Å². The van der Waals surface area contributed by atoms with Gasteiger partial charge in [-0.1, -0.05) is 0 Å². The lowest BCUT2D eigenvalue weighted by molar-refractivity contribution is 0.355. The van der Waals surface area contributed by atoms with Crippen LogP contribution in [0.15, 0.2) is 60.9 Å². The molecule has 5 rings (SSSR count). The van der Waals surface area contributed by atoms with E-state index >= 15 is 0 Å². The van der Waals surface area contributed by atoms with Crippen molar-refractivity contribution in [3.63, 3.8) is 0 Å². The van der Waals surface area contributed by atoms with E-state index in [2.05, 4.69) is 28.0 Å². The van der Waals surface area contributed by atoms with E-state index in [-0.39, 0.29) is 0 Å². The summed E-state index contributed by atoms with van der Waals surface area (Å²) in [4.78, 5) is 9.42. The molecule has 8 nitrogen and oxygen atoms in total. The van der Waals surface area contributed by atoms with Gasteiger partial charge in [-0.2, -0.15) is 5.10 Å². The zero-order chi connectivity index (χ0) is 22.8. The second-order valence-corrected chi connectivity index (χ2v) is 7.85.